The summed E-state index contributed by atoms with van der Waals surface area (Å²) in [5, 5.41) is 8.18. The Morgan fingerprint density at radius 3 is 1.33 bits per heavy atom. The Labute approximate surface area is 178 Å². The van der Waals surface area contributed by atoms with Crippen LogP contribution in [0.25, 0.3) is 0 Å². The molecule has 0 saturated carbocycles. The van der Waals surface area contributed by atoms with E-state index in [4.69, 9.17) is 9.47 Å². The van der Waals surface area contributed by atoms with Gasteiger partial charge in [-0.1, -0.05) is 60.7 Å². The second-order valence-electron chi connectivity index (χ2n) is 8.06. The van der Waals surface area contributed by atoms with Gasteiger partial charge in [0, 0.05) is 12.8 Å². The minimum atomic E-state index is -1.20. The standard InChI is InChI=1S/C24H30N2O4/c1-23(2,21(27)29-17-15-19-11-7-5-8-12-19)25-26-24(3,4)22(28)30-18-16-20-13-9-6-10-14-20/h5-14H,15-18H2,1-4H3. The molecule has 30 heavy (non-hydrogen) atoms. The summed E-state index contributed by atoms with van der Waals surface area (Å²) >= 11 is 0. The smallest absolute Gasteiger partial charge is 0.335 e. The van der Waals surface area contributed by atoms with E-state index in [0.29, 0.717) is 12.8 Å². The Morgan fingerprint density at radius 1 is 0.667 bits per heavy atom. The molecule has 0 saturated heterocycles. The molecule has 0 radical (unpaired) electrons. The fourth-order valence-corrected chi connectivity index (χ4v) is 2.50. The number of nitrogens with zero attached hydrogens (tertiary/aromatic N) is 2. The third kappa shape index (κ3) is 7.43. The first-order valence-electron chi connectivity index (χ1n) is 10.1. The van der Waals surface area contributed by atoms with Crippen molar-refractivity contribution in [3.05, 3.63) is 71.8 Å². The maximum atomic E-state index is 12.4. The molecule has 2 rings (SSSR count). The maximum Gasteiger partial charge on any atom is 0.335 e. The SMILES string of the molecule is CC(C)(N=NC(C)(C)C(=O)OCCc1ccccc1)C(=O)OCCc1ccccc1. The zero-order chi connectivity index (χ0) is 22.0. The maximum absolute atomic E-state index is 12.4. The average molecular weight is 411 g/mol. The predicted molar refractivity (Wildman–Crippen MR) is 115 cm³/mol. The number of hydrogen-bond acceptors (Lipinski definition) is 6. The van der Waals surface area contributed by atoms with Gasteiger partial charge in [-0.05, 0) is 38.8 Å². The predicted octanol–water partition coefficient (Wildman–Crippen LogP) is 4.57. The van der Waals surface area contributed by atoms with Crippen molar-refractivity contribution in [2.24, 2.45) is 10.2 Å². The number of hydrogen-bond donors (Lipinski definition) is 0. The van der Waals surface area contributed by atoms with E-state index in [1.165, 1.54) is 0 Å². The summed E-state index contributed by atoms with van der Waals surface area (Å²) in [5.41, 5.74) is -0.218. The van der Waals surface area contributed by atoms with Crippen LogP contribution >= 0.6 is 0 Å². The van der Waals surface area contributed by atoms with E-state index >= 15 is 0 Å². The molecule has 0 heterocycles. The zero-order valence-corrected chi connectivity index (χ0v) is 18.1. The molecular formula is C24H30N2O4. The van der Waals surface area contributed by atoms with Gasteiger partial charge in [0.15, 0.2) is 11.1 Å². The van der Waals surface area contributed by atoms with Crippen molar-refractivity contribution in [3.8, 4) is 0 Å². The van der Waals surface area contributed by atoms with Gasteiger partial charge in [0.2, 0.25) is 0 Å². The fourth-order valence-electron chi connectivity index (χ4n) is 2.50. The summed E-state index contributed by atoms with van der Waals surface area (Å²) in [6, 6.07) is 19.5. The van der Waals surface area contributed by atoms with Gasteiger partial charge >= 0.3 is 11.9 Å². The van der Waals surface area contributed by atoms with Crippen molar-refractivity contribution >= 4 is 11.9 Å². The Bertz CT molecular complexity index is 775. The van der Waals surface area contributed by atoms with Crippen LogP contribution < -0.4 is 0 Å². The highest BCUT2D eigenvalue weighted by molar-refractivity contribution is 5.81. The molecule has 0 aliphatic carbocycles. The highest BCUT2D eigenvalue weighted by Gasteiger charge is 2.34. The average Bonchev–Trinajstić information content (AvgIpc) is 2.74. The fraction of sp³-hybridized carbons (Fsp3) is 0.417. The molecule has 2 aromatic rings. The first-order valence-corrected chi connectivity index (χ1v) is 10.1. The Morgan fingerprint density at radius 2 is 1.00 bits per heavy atom. The van der Waals surface area contributed by atoms with Gasteiger partial charge < -0.3 is 9.47 Å². The Balaban J connectivity index is 1.82. The van der Waals surface area contributed by atoms with Gasteiger partial charge in [0.1, 0.15) is 0 Å². The van der Waals surface area contributed by atoms with Crippen LogP contribution in [0.3, 0.4) is 0 Å². The van der Waals surface area contributed by atoms with Gasteiger partial charge in [-0.25, -0.2) is 9.59 Å². The number of benzene rings is 2. The lowest BCUT2D eigenvalue weighted by Gasteiger charge is -2.21. The topological polar surface area (TPSA) is 77.3 Å². The molecule has 6 nitrogen and oxygen atoms in total. The third-order valence-electron chi connectivity index (χ3n) is 4.48. The van der Waals surface area contributed by atoms with E-state index in [9.17, 15) is 9.59 Å². The zero-order valence-electron chi connectivity index (χ0n) is 18.1. The second kappa shape index (κ2) is 10.7. The van der Waals surface area contributed by atoms with E-state index in [1.807, 2.05) is 60.7 Å². The largest absolute Gasteiger partial charge is 0.464 e. The van der Waals surface area contributed by atoms with Crippen LogP contribution in [0.5, 0.6) is 0 Å². The molecule has 0 aliphatic rings. The highest BCUT2D eigenvalue weighted by atomic mass is 16.5. The third-order valence-corrected chi connectivity index (χ3v) is 4.48. The summed E-state index contributed by atoms with van der Waals surface area (Å²) in [6.45, 7) is 6.95. The molecule has 6 heteroatoms. The highest BCUT2D eigenvalue weighted by Crippen LogP contribution is 2.19. The lowest BCUT2D eigenvalue weighted by atomic mass is 10.1. The molecular weight excluding hydrogens is 380 g/mol. The number of rotatable bonds is 10. The summed E-state index contributed by atoms with van der Waals surface area (Å²) < 4.78 is 10.7. The van der Waals surface area contributed by atoms with Crippen molar-refractivity contribution in [1.82, 2.24) is 0 Å². The molecule has 0 aliphatic heterocycles. The molecule has 2 aromatic carbocycles. The Kier molecular flexibility index (Phi) is 8.27. The summed E-state index contributed by atoms with van der Waals surface area (Å²) in [5.74, 6) is -0.981. The molecule has 0 aromatic heterocycles. The van der Waals surface area contributed by atoms with Crippen LogP contribution in [0.2, 0.25) is 0 Å². The van der Waals surface area contributed by atoms with Gasteiger partial charge in [-0.15, -0.1) is 0 Å². The number of ether oxygens (including phenoxy) is 2. The minimum Gasteiger partial charge on any atom is -0.464 e. The quantitative estimate of drug-likeness (QED) is 0.425. The Hall–Kier alpha value is -3.02. The first-order chi connectivity index (χ1) is 14.2. The van der Waals surface area contributed by atoms with E-state index in [0.717, 1.165) is 11.1 Å². The molecule has 0 unspecified atom stereocenters. The number of esters is 2. The molecule has 0 amide bonds. The van der Waals surface area contributed by atoms with Crippen molar-refractivity contribution in [1.29, 1.82) is 0 Å². The lowest BCUT2D eigenvalue weighted by molar-refractivity contribution is -0.151. The summed E-state index contributed by atoms with van der Waals surface area (Å²) in [6.07, 6.45) is 1.25. The molecule has 0 atom stereocenters. The first kappa shape index (κ1) is 23.3. The van der Waals surface area contributed by atoms with Crippen LogP contribution in [-0.4, -0.2) is 36.2 Å². The van der Waals surface area contributed by atoms with Crippen LogP contribution in [-0.2, 0) is 31.9 Å². The lowest BCUT2D eigenvalue weighted by Crippen LogP contribution is -2.35. The monoisotopic (exact) mass is 410 g/mol. The van der Waals surface area contributed by atoms with Crippen molar-refractivity contribution in [2.45, 2.75) is 51.6 Å². The van der Waals surface area contributed by atoms with Gasteiger partial charge in [-0.3, -0.25) is 0 Å². The van der Waals surface area contributed by atoms with Crippen LogP contribution in [0.4, 0.5) is 0 Å². The van der Waals surface area contributed by atoms with Gasteiger partial charge in [-0.2, -0.15) is 10.2 Å². The van der Waals surface area contributed by atoms with Crippen molar-refractivity contribution < 1.29 is 19.1 Å². The van der Waals surface area contributed by atoms with E-state index < -0.39 is 23.0 Å². The van der Waals surface area contributed by atoms with E-state index in [-0.39, 0.29) is 13.2 Å². The van der Waals surface area contributed by atoms with E-state index in [2.05, 4.69) is 10.2 Å². The van der Waals surface area contributed by atoms with Crippen LogP contribution in [0.1, 0.15) is 38.8 Å². The van der Waals surface area contributed by atoms with Crippen LogP contribution in [0.15, 0.2) is 70.9 Å². The molecule has 0 bridgehead atoms. The van der Waals surface area contributed by atoms with E-state index in [1.54, 1.807) is 27.7 Å². The minimum absolute atomic E-state index is 0.257. The molecule has 0 N–H and O–H groups in total. The second-order valence-corrected chi connectivity index (χ2v) is 8.06. The van der Waals surface area contributed by atoms with Crippen molar-refractivity contribution in [3.63, 3.8) is 0 Å². The van der Waals surface area contributed by atoms with Gasteiger partial charge in [0.05, 0.1) is 13.2 Å². The number of carbonyl (C=O) groups excluding carboxylic acids is 2. The van der Waals surface area contributed by atoms with Crippen molar-refractivity contribution in [2.75, 3.05) is 13.2 Å². The summed E-state index contributed by atoms with van der Waals surface area (Å²) in [7, 11) is 0. The summed E-state index contributed by atoms with van der Waals surface area (Å²) in [4.78, 5) is 24.8. The molecule has 0 fully saturated rings. The normalized spacial score (nSPS) is 12.0. The number of carbonyl (C=O) groups is 2. The molecule has 160 valence electrons. The number of azo groups is 1. The van der Waals surface area contributed by atoms with Crippen LogP contribution in [0, 0.1) is 0 Å². The van der Waals surface area contributed by atoms with Gasteiger partial charge in [0.25, 0.3) is 0 Å². The molecule has 0 spiro atoms.